The number of benzene rings is 3. The van der Waals surface area contributed by atoms with Gasteiger partial charge in [-0.1, -0.05) is 23.7 Å². The molecule has 136 valence electrons. The number of ether oxygens (including phenoxy) is 1. The van der Waals surface area contributed by atoms with Gasteiger partial charge in [-0.25, -0.2) is 9.37 Å². The molecule has 0 bridgehead atoms. The van der Waals surface area contributed by atoms with E-state index in [2.05, 4.69) is 15.3 Å². The molecule has 0 amide bonds. The Morgan fingerprint density at radius 1 is 0.929 bits per heavy atom. The fraction of sp³-hybridized carbons (Fsp3) is 0. The van der Waals surface area contributed by atoms with Crippen LogP contribution in [0.25, 0.3) is 10.9 Å². The summed E-state index contributed by atoms with van der Waals surface area (Å²) in [4.78, 5) is 9.11. The first-order chi connectivity index (χ1) is 13.7. The number of anilines is 2. The molecule has 5 rings (SSSR count). The van der Waals surface area contributed by atoms with Gasteiger partial charge >= 0.3 is 0 Å². The van der Waals surface area contributed by atoms with Gasteiger partial charge in [0.25, 0.3) is 0 Å². The third-order valence-electron chi connectivity index (χ3n) is 4.43. The van der Waals surface area contributed by atoms with E-state index < -0.39 is 5.82 Å². The van der Waals surface area contributed by atoms with Crippen molar-refractivity contribution < 1.29 is 9.13 Å². The molecule has 0 atom stereocenters. The zero-order chi connectivity index (χ0) is 19.1. The van der Waals surface area contributed by atoms with Gasteiger partial charge in [0.1, 0.15) is 11.5 Å². The highest BCUT2D eigenvalue weighted by molar-refractivity contribution is 6.30. The van der Waals surface area contributed by atoms with Crippen LogP contribution in [0.3, 0.4) is 0 Å². The van der Waals surface area contributed by atoms with Crippen LogP contribution in [0.2, 0.25) is 5.02 Å². The van der Waals surface area contributed by atoms with Gasteiger partial charge in [0, 0.05) is 23.0 Å². The van der Waals surface area contributed by atoms with Gasteiger partial charge in [-0.2, -0.15) is 0 Å². The molecule has 0 radical (unpaired) electrons. The zero-order valence-corrected chi connectivity index (χ0v) is 15.2. The minimum atomic E-state index is -0.465. The molecular weight excluding hydrogens is 377 g/mol. The Morgan fingerprint density at radius 2 is 1.75 bits per heavy atom. The monoisotopic (exact) mass is 389 g/mol. The van der Waals surface area contributed by atoms with Crippen molar-refractivity contribution in [1.29, 1.82) is 0 Å². The minimum absolute atomic E-state index is 0.0937. The maximum Gasteiger partial charge on any atom is 0.228 e. The Balaban J connectivity index is 1.52. The maximum atomic E-state index is 13.7. The molecule has 3 aromatic carbocycles. The minimum Gasteiger partial charge on any atom is -0.436 e. The number of aromatic nitrogens is 1. The van der Waals surface area contributed by atoms with Gasteiger partial charge in [-0.05, 0) is 54.6 Å². The lowest BCUT2D eigenvalue weighted by atomic mass is 10.1. The third kappa shape index (κ3) is 3.06. The Bertz CT molecular complexity index is 1260. The van der Waals surface area contributed by atoms with Crippen LogP contribution in [0.5, 0.6) is 11.6 Å². The summed E-state index contributed by atoms with van der Waals surface area (Å²) in [5.41, 5.74) is 3.77. The molecule has 28 heavy (non-hydrogen) atoms. The molecule has 1 N–H and O–H groups in total. The second-order valence-corrected chi connectivity index (χ2v) is 6.78. The van der Waals surface area contributed by atoms with Crippen LogP contribution in [-0.4, -0.2) is 11.2 Å². The summed E-state index contributed by atoms with van der Waals surface area (Å²) >= 11 is 5.74. The molecule has 6 heteroatoms. The summed E-state index contributed by atoms with van der Waals surface area (Å²) in [5.74, 6) is 0.724. The second kappa shape index (κ2) is 6.62. The quantitative estimate of drug-likeness (QED) is 0.368. The lowest BCUT2D eigenvalue weighted by molar-refractivity contribution is 0.467. The lowest BCUT2D eigenvalue weighted by Gasteiger charge is -2.10. The van der Waals surface area contributed by atoms with E-state index in [9.17, 15) is 4.39 Å². The van der Waals surface area contributed by atoms with E-state index in [1.807, 2.05) is 48.5 Å². The van der Waals surface area contributed by atoms with Crippen molar-refractivity contribution in [2.75, 3.05) is 5.32 Å². The van der Waals surface area contributed by atoms with E-state index in [1.165, 1.54) is 12.1 Å². The fourth-order valence-electron chi connectivity index (χ4n) is 3.06. The van der Waals surface area contributed by atoms with Crippen LogP contribution >= 0.6 is 11.6 Å². The topological polar surface area (TPSA) is 46.5 Å². The van der Waals surface area contributed by atoms with E-state index in [0.717, 1.165) is 27.8 Å². The molecule has 1 aliphatic heterocycles. The summed E-state index contributed by atoms with van der Waals surface area (Å²) in [7, 11) is 0. The van der Waals surface area contributed by atoms with Crippen LogP contribution in [0, 0.1) is 5.82 Å². The first kappa shape index (κ1) is 16.7. The number of fused-ring (bicyclic) bond motifs is 3. The first-order valence-electron chi connectivity index (χ1n) is 8.63. The number of hydrogen-bond acceptors (Lipinski definition) is 4. The molecule has 0 spiro atoms. The van der Waals surface area contributed by atoms with Crippen molar-refractivity contribution in [1.82, 2.24) is 4.98 Å². The Morgan fingerprint density at radius 3 is 2.64 bits per heavy atom. The van der Waals surface area contributed by atoms with Crippen LogP contribution in [0.15, 0.2) is 71.7 Å². The third-order valence-corrected chi connectivity index (χ3v) is 4.74. The SMILES string of the molecule is Fc1cc(Nc2ccc3nc4c(cc3c2)C=Nc2ccccc2O4)ccc1Cl. The second-order valence-electron chi connectivity index (χ2n) is 6.37. The van der Waals surface area contributed by atoms with Gasteiger partial charge in [0.2, 0.25) is 5.88 Å². The molecule has 4 nitrogen and oxygen atoms in total. The highest BCUT2D eigenvalue weighted by Crippen LogP contribution is 2.36. The van der Waals surface area contributed by atoms with Crippen molar-refractivity contribution in [2.24, 2.45) is 4.99 Å². The molecule has 0 fully saturated rings. The normalized spacial score (nSPS) is 12.1. The van der Waals surface area contributed by atoms with E-state index >= 15 is 0 Å². The van der Waals surface area contributed by atoms with Gasteiger partial charge in [-0.3, -0.25) is 4.99 Å². The molecule has 0 saturated carbocycles. The first-order valence-corrected chi connectivity index (χ1v) is 9.01. The molecule has 0 aliphatic carbocycles. The Kier molecular flexibility index (Phi) is 3.95. The summed E-state index contributed by atoms with van der Waals surface area (Å²) in [6.45, 7) is 0. The van der Waals surface area contributed by atoms with Gasteiger partial charge in [0.15, 0.2) is 5.75 Å². The summed E-state index contributed by atoms with van der Waals surface area (Å²) in [6.07, 6.45) is 1.75. The summed E-state index contributed by atoms with van der Waals surface area (Å²) in [6, 6.07) is 19.9. The Labute approximate surface area is 165 Å². The van der Waals surface area contributed by atoms with E-state index in [0.29, 0.717) is 17.3 Å². The molecule has 4 aromatic rings. The fourth-order valence-corrected chi connectivity index (χ4v) is 3.18. The van der Waals surface area contributed by atoms with Gasteiger partial charge < -0.3 is 10.1 Å². The molecule has 0 unspecified atom stereocenters. The van der Waals surface area contributed by atoms with Crippen molar-refractivity contribution in [3.05, 3.63) is 83.1 Å². The predicted molar refractivity (Wildman–Crippen MR) is 110 cm³/mol. The number of para-hydroxylation sites is 2. The molecular formula is C22H13ClFN3O. The predicted octanol–water partition coefficient (Wildman–Crippen LogP) is 6.63. The number of pyridine rings is 1. The van der Waals surface area contributed by atoms with Crippen molar-refractivity contribution in [3.63, 3.8) is 0 Å². The van der Waals surface area contributed by atoms with Crippen molar-refractivity contribution in [2.45, 2.75) is 0 Å². The van der Waals surface area contributed by atoms with Crippen molar-refractivity contribution >= 4 is 45.8 Å². The maximum absolute atomic E-state index is 13.7. The summed E-state index contributed by atoms with van der Waals surface area (Å²) < 4.78 is 19.6. The lowest BCUT2D eigenvalue weighted by Crippen LogP contribution is -1.95. The van der Waals surface area contributed by atoms with Crippen LogP contribution in [-0.2, 0) is 0 Å². The van der Waals surface area contributed by atoms with E-state index in [4.69, 9.17) is 16.3 Å². The largest absolute Gasteiger partial charge is 0.436 e. The number of rotatable bonds is 2. The molecule has 2 heterocycles. The smallest absolute Gasteiger partial charge is 0.228 e. The molecule has 0 saturated heterocycles. The van der Waals surface area contributed by atoms with E-state index in [-0.39, 0.29) is 5.02 Å². The van der Waals surface area contributed by atoms with Crippen LogP contribution in [0.1, 0.15) is 5.56 Å². The highest BCUT2D eigenvalue weighted by atomic mass is 35.5. The highest BCUT2D eigenvalue weighted by Gasteiger charge is 2.14. The van der Waals surface area contributed by atoms with E-state index in [1.54, 1.807) is 12.3 Å². The number of halogens is 2. The van der Waals surface area contributed by atoms with Crippen LogP contribution in [0.4, 0.5) is 21.5 Å². The number of nitrogens with one attached hydrogen (secondary N) is 1. The Hall–Kier alpha value is -3.44. The molecule has 1 aromatic heterocycles. The van der Waals surface area contributed by atoms with Crippen molar-refractivity contribution in [3.8, 4) is 11.6 Å². The average molecular weight is 390 g/mol. The summed E-state index contributed by atoms with van der Waals surface area (Å²) in [5, 5.41) is 4.19. The molecule has 1 aliphatic rings. The van der Waals surface area contributed by atoms with Gasteiger partial charge in [-0.15, -0.1) is 0 Å². The number of hydrogen-bond donors (Lipinski definition) is 1. The number of nitrogens with zero attached hydrogens (tertiary/aromatic N) is 2. The number of aliphatic imine (C=N–C) groups is 1. The average Bonchev–Trinajstić information content (AvgIpc) is 2.88. The van der Waals surface area contributed by atoms with Gasteiger partial charge in [0.05, 0.1) is 16.1 Å². The van der Waals surface area contributed by atoms with Crippen LogP contribution < -0.4 is 10.1 Å². The standard InChI is InChI=1S/C22H13ClFN3O/c23-17-7-5-16(11-18(17)24)26-15-6-8-19-13(10-15)9-14-12-25-20-3-1-2-4-21(20)28-22(14)27-19/h1-12,26H. The zero-order valence-electron chi connectivity index (χ0n) is 14.5.